The Hall–Kier alpha value is -1.13. The topological polar surface area (TPSA) is 29.1 Å². The van der Waals surface area contributed by atoms with Gasteiger partial charge >= 0.3 is 0 Å². The lowest BCUT2D eigenvalue weighted by atomic mass is 10.1. The fourth-order valence-electron chi connectivity index (χ4n) is 2.14. The second-order valence-electron chi connectivity index (χ2n) is 5.21. The average Bonchev–Trinajstić information content (AvgIpc) is 2.98. The summed E-state index contributed by atoms with van der Waals surface area (Å²) in [6.07, 6.45) is 3.36. The van der Waals surface area contributed by atoms with Crippen LogP contribution < -0.4 is 5.32 Å². The zero-order valence-corrected chi connectivity index (χ0v) is 14.5. The van der Waals surface area contributed by atoms with Crippen LogP contribution in [0.4, 0.5) is 0 Å². The van der Waals surface area contributed by atoms with Gasteiger partial charge in [0.05, 0.1) is 0 Å². The summed E-state index contributed by atoms with van der Waals surface area (Å²) < 4.78 is 1.10. The number of hydrogen-bond donors (Lipinski definition) is 1. The van der Waals surface area contributed by atoms with Crippen LogP contribution in [-0.4, -0.2) is 11.9 Å². The molecule has 1 heterocycles. The van der Waals surface area contributed by atoms with Crippen molar-refractivity contribution in [3.05, 3.63) is 56.7 Å². The molecule has 112 valence electrons. The number of rotatable bonds is 7. The van der Waals surface area contributed by atoms with E-state index in [-0.39, 0.29) is 11.9 Å². The van der Waals surface area contributed by atoms with Crippen LogP contribution in [0.5, 0.6) is 0 Å². The number of hydrogen-bond acceptors (Lipinski definition) is 2. The summed E-state index contributed by atoms with van der Waals surface area (Å²) in [5, 5.41) is 5.13. The van der Waals surface area contributed by atoms with Crippen LogP contribution in [0.25, 0.3) is 0 Å². The highest BCUT2D eigenvalue weighted by Crippen LogP contribution is 2.13. The number of aryl methyl sites for hydroxylation is 2. The van der Waals surface area contributed by atoms with Gasteiger partial charge in [0.15, 0.2) is 0 Å². The molecule has 1 unspecified atom stereocenters. The Balaban J connectivity index is 1.67. The Labute approximate surface area is 138 Å². The van der Waals surface area contributed by atoms with E-state index in [1.807, 2.05) is 11.4 Å². The number of amides is 1. The largest absolute Gasteiger partial charge is 0.354 e. The predicted molar refractivity (Wildman–Crippen MR) is 92.7 cm³/mol. The third kappa shape index (κ3) is 6.02. The average molecular weight is 366 g/mol. The molecule has 1 aromatic carbocycles. The first-order valence-electron chi connectivity index (χ1n) is 7.19. The lowest BCUT2D eigenvalue weighted by Crippen LogP contribution is -2.32. The van der Waals surface area contributed by atoms with Gasteiger partial charge in [0.2, 0.25) is 5.91 Å². The molecule has 21 heavy (non-hydrogen) atoms. The minimum Gasteiger partial charge on any atom is -0.354 e. The lowest BCUT2D eigenvalue weighted by Gasteiger charge is -2.13. The molecular formula is C17H20BrNOS. The van der Waals surface area contributed by atoms with Crippen molar-refractivity contribution in [1.82, 2.24) is 5.32 Å². The lowest BCUT2D eigenvalue weighted by molar-refractivity contribution is -0.121. The molecule has 2 aromatic rings. The standard InChI is InChI=1S/C17H20BrNOS/c1-13(4-5-14-6-8-15(18)9-7-14)19-17(20)11-10-16-3-2-12-21-16/h2-3,6-9,12-13H,4-5,10-11H2,1H3,(H,19,20). The quantitative estimate of drug-likeness (QED) is 0.764. The normalized spacial score (nSPS) is 12.1. The second-order valence-corrected chi connectivity index (χ2v) is 7.16. The van der Waals surface area contributed by atoms with Crippen LogP contribution in [0.3, 0.4) is 0 Å². The second kappa shape index (κ2) is 8.35. The number of halogens is 1. The van der Waals surface area contributed by atoms with Crippen LogP contribution >= 0.6 is 27.3 Å². The monoisotopic (exact) mass is 365 g/mol. The molecule has 0 saturated heterocycles. The van der Waals surface area contributed by atoms with Gasteiger partial charge in [-0.3, -0.25) is 4.79 Å². The summed E-state index contributed by atoms with van der Waals surface area (Å²) >= 11 is 5.14. The van der Waals surface area contributed by atoms with Gasteiger partial charge in [-0.15, -0.1) is 11.3 Å². The van der Waals surface area contributed by atoms with Crippen molar-refractivity contribution in [3.63, 3.8) is 0 Å². The molecule has 2 nitrogen and oxygen atoms in total. The maximum absolute atomic E-state index is 11.9. The van der Waals surface area contributed by atoms with Crippen molar-refractivity contribution >= 4 is 33.2 Å². The van der Waals surface area contributed by atoms with E-state index in [1.54, 1.807) is 11.3 Å². The number of benzene rings is 1. The number of carbonyl (C=O) groups is 1. The van der Waals surface area contributed by atoms with E-state index < -0.39 is 0 Å². The van der Waals surface area contributed by atoms with Crippen LogP contribution in [0.15, 0.2) is 46.3 Å². The third-order valence-corrected chi connectivity index (χ3v) is 4.83. The highest BCUT2D eigenvalue weighted by Gasteiger charge is 2.08. The first kappa shape index (κ1) is 16.2. The molecule has 0 spiro atoms. The van der Waals surface area contributed by atoms with Gasteiger partial charge in [0.25, 0.3) is 0 Å². The Morgan fingerprint density at radius 2 is 2.00 bits per heavy atom. The molecular weight excluding hydrogens is 346 g/mol. The zero-order chi connectivity index (χ0) is 15.1. The minimum atomic E-state index is 0.145. The minimum absolute atomic E-state index is 0.145. The SMILES string of the molecule is CC(CCc1ccc(Br)cc1)NC(=O)CCc1cccs1. The zero-order valence-electron chi connectivity index (χ0n) is 12.1. The van der Waals surface area contributed by atoms with E-state index >= 15 is 0 Å². The van der Waals surface area contributed by atoms with Crippen molar-refractivity contribution in [1.29, 1.82) is 0 Å². The van der Waals surface area contributed by atoms with Gasteiger partial charge in [0, 0.05) is 21.8 Å². The third-order valence-electron chi connectivity index (χ3n) is 3.37. The van der Waals surface area contributed by atoms with Crippen LogP contribution in [0.2, 0.25) is 0 Å². The van der Waals surface area contributed by atoms with Gasteiger partial charge in [0.1, 0.15) is 0 Å². The molecule has 0 aliphatic heterocycles. The molecule has 0 aliphatic rings. The molecule has 1 amide bonds. The van der Waals surface area contributed by atoms with Gasteiger partial charge in [-0.2, -0.15) is 0 Å². The van der Waals surface area contributed by atoms with E-state index in [0.29, 0.717) is 6.42 Å². The van der Waals surface area contributed by atoms with Crippen LogP contribution in [-0.2, 0) is 17.6 Å². The molecule has 4 heteroatoms. The molecule has 1 N–H and O–H groups in total. The molecule has 0 radical (unpaired) electrons. The Bertz CT molecular complexity index is 551. The van der Waals surface area contributed by atoms with Gasteiger partial charge in [-0.05, 0) is 55.3 Å². The highest BCUT2D eigenvalue weighted by atomic mass is 79.9. The van der Waals surface area contributed by atoms with Crippen molar-refractivity contribution in [2.24, 2.45) is 0 Å². The Morgan fingerprint density at radius 1 is 1.24 bits per heavy atom. The Morgan fingerprint density at radius 3 is 2.67 bits per heavy atom. The smallest absolute Gasteiger partial charge is 0.220 e. The fraction of sp³-hybridized carbons (Fsp3) is 0.353. The first-order chi connectivity index (χ1) is 10.1. The maximum atomic E-state index is 11.9. The van der Waals surface area contributed by atoms with Crippen molar-refractivity contribution in [3.8, 4) is 0 Å². The van der Waals surface area contributed by atoms with Crippen LogP contribution in [0, 0.1) is 0 Å². The summed E-state index contributed by atoms with van der Waals surface area (Å²) in [6.45, 7) is 2.07. The van der Waals surface area contributed by atoms with E-state index in [2.05, 4.69) is 58.5 Å². The van der Waals surface area contributed by atoms with E-state index in [4.69, 9.17) is 0 Å². The van der Waals surface area contributed by atoms with E-state index in [0.717, 1.165) is 23.7 Å². The summed E-state index contributed by atoms with van der Waals surface area (Å²) in [5.74, 6) is 0.145. The molecule has 1 atom stereocenters. The predicted octanol–water partition coefficient (Wildman–Crippen LogP) is 4.58. The molecule has 1 aromatic heterocycles. The number of carbonyl (C=O) groups excluding carboxylic acids is 1. The van der Waals surface area contributed by atoms with E-state index in [1.165, 1.54) is 10.4 Å². The molecule has 0 fully saturated rings. The van der Waals surface area contributed by atoms with Gasteiger partial charge in [-0.1, -0.05) is 34.1 Å². The van der Waals surface area contributed by atoms with Gasteiger partial charge < -0.3 is 5.32 Å². The van der Waals surface area contributed by atoms with Gasteiger partial charge in [-0.25, -0.2) is 0 Å². The highest BCUT2D eigenvalue weighted by molar-refractivity contribution is 9.10. The molecule has 0 saturated carbocycles. The van der Waals surface area contributed by atoms with E-state index in [9.17, 15) is 4.79 Å². The molecule has 0 bridgehead atoms. The number of nitrogens with one attached hydrogen (secondary N) is 1. The summed E-state index contributed by atoms with van der Waals surface area (Å²) in [5.41, 5.74) is 1.30. The summed E-state index contributed by atoms with van der Waals surface area (Å²) in [7, 11) is 0. The Kier molecular flexibility index (Phi) is 6.46. The van der Waals surface area contributed by atoms with Crippen molar-refractivity contribution < 1.29 is 4.79 Å². The molecule has 0 aliphatic carbocycles. The summed E-state index contributed by atoms with van der Waals surface area (Å²) in [4.78, 5) is 13.2. The molecule has 2 rings (SSSR count). The fourth-order valence-corrected chi connectivity index (χ4v) is 3.12. The van der Waals surface area contributed by atoms with Crippen molar-refractivity contribution in [2.75, 3.05) is 0 Å². The maximum Gasteiger partial charge on any atom is 0.220 e. The summed E-state index contributed by atoms with van der Waals surface area (Å²) in [6, 6.07) is 12.7. The van der Waals surface area contributed by atoms with Crippen molar-refractivity contribution in [2.45, 2.75) is 38.6 Å². The first-order valence-corrected chi connectivity index (χ1v) is 8.87. The van der Waals surface area contributed by atoms with Crippen LogP contribution in [0.1, 0.15) is 30.2 Å². The number of thiophene rings is 1.